The lowest BCUT2D eigenvalue weighted by atomic mass is 10.1. The van der Waals surface area contributed by atoms with Gasteiger partial charge in [-0.15, -0.1) is 23.7 Å². The third-order valence-electron chi connectivity index (χ3n) is 3.96. The summed E-state index contributed by atoms with van der Waals surface area (Å²) in [7, 11) is 2.06. The predicted molar refractivity (Wildman–Crippen MR) is 91.4 cm³/mol. The third-order valence-corrected chi connectivity index (χ3v) is 5.66. The number of thiophene rings is 1. The van der Waals surface area contributed by atoms with Crippen LogP contribution in [0.5, 0.6) is 0 Å². The van der Waals surface area contributed by atoms with Crippen molar-refractivity contribution in [3.63, 3.8) is 0 Å². The molecular formula is C15H20Cl2N2S. The normalized spacial score (nSPS) is 17.3. The van der Waals surface area contributed by atoms with Crippen molar-refractivity contribution in [2.45, 2.75) is 25.4 Å². The van der Waals surface area contributed by atoms with E-state index in [9.17, 15) is 0 Å². The Morgan fingerprint density at radius 2 is 2.00 bits per heavy atom. The van der Waals surface area contributed by atoms with Gasteiger partial charge in [0.15, 0.2) is 0 Å². The maximum absolute atomic E-state index is 6.50. The molecule has 0 unspecified atom stereocenters. The first-order valence-corrected chi connectivity index (χ1v) is 8.03. The summed E-state index contributed by atoms with van der Waals surface area (Å²) in [4.78, 5) is 3.83. The van der Waals surface area contributed by atoms with Gasteiger partial charge in [0.1, 0.15) is 0 Å². The molecule has 2 nitrogen and oxygen atoms in total. The maximum atomic E-state index is 6.50. The molecule has 1 saturated heterocycles. The number of piperidine rings is 1. The summed E-state index contributed by atoms with van der Waals surface area (Å²) in [6.45, 7) is 3.32. The molecule has 0 spiro atoms. The first-order valence-electron chi connectivity index (χ1n) is 6.83. The summed E-state index contributed by atoms with van der Waals surface area (Å²) in [6.07, 6.45) is 2.47. The highest BCUT2D eigenvalue weighted by molar-refractivity contribution is 7.19. The molecule has 1 aromatic carbocycles. The minimum atomic E-state index is 0. The summed E-state index contributed by atoms with van der Waals surface area (Å²) < 4.78 is 1.30. The number of likely N-dealkylation sites (tertiary alicyclic amines) is 1. The zero-order valence-corrected chi connectivity index (χ0v) is 14.0. The summed E-state index contributed by atoms with van der Waals surface area (Å²) in [5, 5.41) is 5.53. The Kier molecular flexibility index (Phi) is 5.70. The van der Waals surface area contributed by atoms with Gasteiger partial charge in [0.05, 0.1) is 5.02 Å². The number of nitrogens with zero attached hydrogens (tertiary/aromatic N) is 1. The topological polar surface area (TPSA) is 15.3 Å². The zero-order valence-electron chi connectivity index (χ0n) is 11.6. The van der Waals surface area contributed by atoms with Crippen molar-refractivity contribution in [3.8, 4) is 0 Å². The second-order valence-corrected chi connectivity index (χ2v) is 6.69. The van der Waals surface area contributed by atoms with Crippen LogP contribution in [0.3, 0.4) is 0 Å². The van der Waals surface area contributed by atoms with Crippen molar-refractivity contribution in [1.29, 1.82) is 0 Å². The van der Waals surface area contributed by atoms with E-state index >= 15 is 0 Å². The van der Waals surface area contributed by atoms with Crippen LogP contribution in [0, 0.1) is 0 Å². The largest absolute Gasteiger partial charge is 0.317 e. The maximum Gasteiger partial charge on any atom is 0.0637 e. The van der Waals surface area contributed by atoms with Gasteiger partial charge >= 0.3 is 0 Å². The lowest BCUT2D eigenvalue weighted by molar-refractivity contribution is 0.196. The monoisotopic (exact) mass is 330 g/mol. The Bertz CT molecular complexity index is 562. The standard InChI is InChI=1S/C15H19ClN2S.ClH/c1-17-11-6-8-18(9-7-11)10-14-15(16)12-4-2-3-5-13(12)19-14;/h2-5,11,17H,6-10H2,1H3;1H. The van der Waals surface area contributed by atoms with Crippen LogP contribution in [0.4, 0.5) is 0 Å². The molecule has 0 saturated carbocycles. The fourth-order valence-electron chi connectivity index (χ4n) is 2.75. The first kappa shape index (κ1) is 16.1. The van der Waals surface area contributed by atoms with Crippen LogP contribution in [-0.2, 0) is 6.54 Å². The van der Waals surface area contributed by atoms with E-state index in [1.807, 2.05) is 11.3 Å². The van der Waals surface area contributed by atoms with Crippen LogP contribution in [0.15, 0.2) is 24.3 Å². The van der Waals surface area contributed by atoms with Gasteiger partial charge in [-0.3, -0.25) is 4.90 Å². The van der Waals surface area contributed by atoms with Crippen molar-refractivity contribution in [2.24, 2.45) is 0 Å². The summed E-state index contributed by atoms with van der Waals surface area (Å²) in [6, 6.07) is 9.10. The summed E-state index contributed by atoms with van der Waals surface area (Å²) in [5.41, 5.74) is 0. The molecule has 0 bridgehead atoms. The second kappa shape index (κ2) is 7.10. The van der Waals surface area contributed by atoms with Crippen molar-refractivity contribution >= 4 is 45.4 Å². The number of hydrogen-bond acceptors (Lipinski definition) is 3. The average molecular weight is 331 g/mol. The molecule has 20 heavy (non-hydrogen) atoms. The average Bonchev–Trinajstić information content (AvgIpc) is 2.77. The van der Waals surface area contributed by atoms with E-state index in [0.717, 1.165) is 24.7 Å². The molecule has 0 radical (unpaired) electrons. The molecule has 1 aliphatic rings. The fraction of sp³-hybridized carbons (Fsp3) is 0.467. The summed E-state index contributed by atoms with van der Waals surface area (Å²) >= 11 is 8.34. The number of fused-ring (bicyclic) bond motifs is 1. The number of nitrogens with one attached hydrogen (secondary N) is 1. The molecule has 0 amide bonds. The van der Waals surface area contributed by atoms with Crippen molar-refractivity contribution in [1.82, 2.24) is 10.2 Å². The van der Waals surface area contributed by atoms with Gasteiger partial charge in [-0.25, -0.2) is 0 Å². The molecule has 0 atom stereocenters. The smallest absolute Gasteiger partial charge is 0.0637 e. The van der Waals surface area contributed by atoms with Crippen LogP contribution in [0.2, 0.25) is 5.02 Å². The quantitative estimate of drug-likeness (QED) is 0.908. The second-order valence-electron chi connectivity index (χ2n) is 5.17. The molecule has 1 N–H and O–H groups in total. The molecule has 1 fully saturated rings. The third kappa shape index (κ3) is 3.29. The molecule has 2 heterocycles. The van der Waals surface area contributed by atoms with Crippen LogP contribution >= 0.6 is 35.3 Å². The Balaban J connectivity index is 0.00000147. The van der Waals surface area contributed by atoms with Gasteiger partial charge in [0.25, 0.3) is 0 Å². The molecule has 110 valence electrons. The van der Waals surface area contributed by atoms with Crippen LogP contribution < -0.4 is 5.32 Å². The Labute approximate surface area is 135 Å². The molecule has 1 aromatic heterocycles. The van der Waals surface area contributed by atoms with Crippen molar-refractivity contribution in [2.75, 3.05) is 20.1 Å². The van der Waals surface area contributed by atoms with E-state index < -0.39 is 0 Å². The molecule has 3 rings (SSSR count). The molecule has 1 aliphatic heterocycles. The van der Waals surface area contributed by atoms with E-state index in [1.54, 1.807) is 0 Å². The Morgan fingerprint density at radius 1 is 1.30 bits per heavy atom. The molecule has 5 heteroatoms. The van der Waals surface area contributed by atoms with E-state index in [1.165, 1.54) is 27.8 Å². The van der Waals surface area contributed by atoms with Gasteiger partial charge in [-0.1, -0.05) is 29.8 Å². The fourth-order valence-corrected chi connectivity index (χ4v) is 4.28. The van der Waals surface area contributed by atoms with Gasteiger partial charge in [-0.2, -0.15) is 0 Å². The lowest BCUT2D eigenvalue weighted by Gasteiger charge is -2.31. The molecule has 2 aromatic rings. The van der Waals surface area contributed by atoms with E-state index in [2.05, 4.69) is 41.5 Å². The Morgan fingerprint density at radius 3 is 2.65 bits per heavy atom. The van der Waals surface area contributed by atoms with Gasteiger partial charge < -0.3 is 5.32 Å². The zero-order chi connectivity index (χ0) is 13.2. The minimum absolute atomic E-state index is 0. The van der Waals surface area contributed by atoms with Crippen molar-refractivity contribution < 1.29 is 0 Å². The number of hydrogen-bond donors (Lipinski definition) is 1. The lowest BCUT2D eigenvalue weighted by Crippen LogP contribution is -2.40. The van der Waals surface area contributed by atoms with E-state index in [-0.39, 0.29) is 12.4 Å². The van der Waals surface area contributed by atoms with E-state index in [4.69, 9.17) is 11.6 Å². The van der Waals surface area contributed by atoms with Gasteiger partial charge in [0, 0.05) is 27.5 Å². The molecule has 0 aliphatic carbocycles. The van der Waals surface area contributed by atoms with Gasteiger partial charge in [-0.05, 0) is 39.0 Å². The SMILES string of the molecule is CNC1CCN(Cc2sc3ccccc3c2Cl)CC1.Cl. The molecular weight excluding hydrogens is 311 g/mol. The number of rotatable bonds is 3. The highest BCUT2D eigenvalue weighted by Gasteiger charge is 2.19. The van der Waals surface area contributed by atoms with Crippen LogP contribution in [-0.4, -0.2) is 31.1 Å². The van der Waals surface area contributed by atoms with Crippen LogP contribution in [0.25, 0.3) is 10.1 Å². The number of benzene rings is 1. The highest BCUT2D eigenvalue weighted by atomic mass is 35.5. The van der Waals surface area contributed by atoms with Gasteiger partial charge in [0.2, 0.25) is 0 Å². The highest BCUT2D eigenvalue weighted by Crippen LogP contribution is 2.36. The van der Waals surface area contributed by atoms with Crippen molar-refractivity contribution in [3.05, 3.63) is 34.2 Å². The minimum Gasteiger partial charge on any atom is -0.317 e. The predicted octanol–water partition coefficient (Wildman–Crippen LogP) is 4.16. The van der Waals surface area contributed by atoms with E-state index in [0.29, 0.717) is 6.04 Å². The van der Waals surface area contributed by atoms with Crippen LogP contribution in [0.1, 0.15) is 17.7 Å². The number of halogens is 2. The Hall–Kier alpha value is -0.320. The first-order chi connectivity index (χ1) is 9.28. The summed E-state index contributed by atoms with van der Waals surface area (Å²) in [5.74, 6) is 0.